The normalized spacial score (nSPS) is 39.6. The summed E-state index contributed by atoms with van der Waals surface area (Å²) in [5, 5.41) is 25.3. The molecule has 2 fully saturated rings. The third-order valence-corrected chi connectivity index (χ3v) is 11.0. The quantitative estimate of drug-likeness (QED) is 0.253. The second kappa shape index (κ2) is 11.0. The molecule has 39 heavy (non-hydrogen) atoms. The minimum atomic E-state index is -1.24. The molecule has 0 aromatic rings. The van der Waals surface area contributed by atoms with Crippen LogP contribution >= 0.6 is 0 Å². The third-order valence-electron chi connectivity index (χ3n) is 11.0. The van der Waals surface area contributed by atoms with Gasteiger partial charge in [-0.2, -0.15) is 0 Å². The van der Waals surface area contributed by atoms with Crippen molar-refractivity contribution in [2.24, 2.45) is 39.9 Å². The van der Waals surface area contributed by atoms with Gasteiger partial charge in [-0.25, -0.2) is 4.79 Å². The third kappa shape index (κ3) is 5.25. The maximum atomic E-state index is 13.2. The van der Waals surface area contributed by atoms with Crippen molar-refractivity contribution in [1.29, 1.82) is 0 Å². The number of cyclic esters (lactones) is 1. The van der Waals surface area contributed by atoms with Crippen molar-refractivity contribution >= 4 is 11.9 Å². The minimum Gasteiger partial charge on any atom is -0.462 e. The molecule has 3 aliphatic carbocycles. The lowest BCUT2D eigenvalue weighted by Crippen LogP contribution is -2.78. The SMILES string of the molecule is CC(=O)OC1CC2(C)C=CC(CCC(C)CCC(C)C)C3(C(O)CCC(C)(C)C13)C2(O)CCC1=CC(=O)OC1. The van der Waals surface area contributed by atoms with Crippen LogP contribution < -0.4 is 0 Å². The average molecular weight is 545 g/mol. The summed E-state index contributed by atoms with van der Waals surface area (Å²) in [6, 6.07) is 0. The van der Waals surface area contributed by atoms with Gasteiger partial charge in [0.05, 0.1) is 11.7 Å². The minimum absolute atomic E-state index is 0.0505. The molecule has 1 aliphatic heterocycles. The van der Waals surface area contributed by atoms with Crippen molar-refractivity contribution in [3.8, 4) is 0 Å². The highest BCUT2D eigenvalue weighted by atomic mass is 16.5. The zero-order valence-corrected chi connectivity index (χ0v) is 25.3. The molecule has 0 radical (unpaired) electrons. The Balaban J connectivity index is 1.80. The van der Waals surface area contributed by atoms with E-state index in [4.69, 9.17) is 9.47 Å². The van der Waals surface area contributed by atoms with E-state index in [1.54, 1.807) is 6.08 Å². The van der Waals surface area contributed by atoms with Crippen LogP contribution in [0, 0.1) is 39.9 Å². The first-order valence-electron chi connectivity index (χ1n) is 15.3. The molecule has 6 nitrogen and oxygen atoms in total. The van der Waals surface area contributed by atoms with E-state index in [1.807, 2.05) is 0 Å². The van der Waals surface area contributed by atoms with Crippen molar-refractivity contribution in [3.63, 3.8) is 0 Å². The molecule has 8 atom stereocenters. The molecule has 4 rings (SSSR count). The van der Waals surface area contributed by atoms with Crippen LogP contribution in [-0.2, 0) is 19.1 Å². The second-order valence-corrected chi connectivity index (χ2v) is 14.6. The molecule has 0 aromatic heterocycles. The smallest absolute Gasteiger partial charge is 0.331 e. The molecule has 2 saturated carbocycles. The Hall–Kier alpha value is -1.66. The molecule has 0 amide bonds. The van der Waals surface area contributed by atoms with Gasteiger partial charge in [-0.15, -0.1) is 0 Å². The van der Waals surface area contributed by atoms with E-state index in [0.29, 0.717) is 37.5 Å². The highest BCUT2D eigenvalue weighted by molar-refractivity contribution is 5.85. The zero-order chi connectivity index (χ0) is 28.8. The van der Waals surface area contributed by atoms with Crippen molar-refractivity contribution in [1.82, 2.24) is 0 Å². The Morgan fingerprint density at radius 2 is 1.90 bits per heavy atom. The molecule has 220 valence electrons. The van der Waals surface area contributed by atoms with Crippen molar-refractivity contribution < 1.29 is 29.3 Å². The number of hydrogen-bond acceptors (Lipinski definition) is 6. The van der Waals surface area contributed by atoms with E-state index >= 15 is 0 Å². The lowest BCUT2D eigenvalue weighted by molar-refractivity contribution is -0.324. The van der Waals surface area contributed by atoms with Gasteiger partial charge in [-0.3, -0.25) is 4.79 Å². The summed E-state index contributed by atoms with van der Waals surface area (Å²) < 4.78 is 11.3. The Morgan fingerprint density at radius 1 is 1.18 bits per heavy atom. The fourth-order valence-electron chi connectivity index (χ4n) is 9.06. The van der Waals surface area contributed by atoms with Gasteiger partial charge >= 0.3 is 11.9 Å². The number of fused-ring (bicyclic) bond motifs is 1. The Bertz CT molecular complexity index is 996. The van der Waals surface area contributed by atoms with E-state index in [9.17, 15) is 19.8 Å². The van der Waals surface area contributed by atoms with Gasteiger partial charge in [0.25, 0.3) is 0 Å². The number of carbonyl (C=O) groups is 2. The lowest BCUT2D eigenvalue weighted by Gasteiger charge is -2.73. The van der Waals surface area contributed by atoms with Gasteiger partial charge in [-0.1, -0.05) is 73.0 Å². The predicted octanol–water partition coefficient (Wildman–Crippen LogP) is 6.14. The van der Waals surface area contributed by atoms with Crippen molar-refractivity contribution in [2.45, 2.75) is 124 Å². The number of aliphatic hydroxyl groups excluding tert-OH is 1. The summed E-state index contributed by atoms with van der Waals surface area (Å²) in [4.78, 5) is 24.2. The van der Waals surface area contributed by atoms with E-state index in [0.717, 1.165) is 24.8 Å². The Labute approximate surface area is 235 Å². The van der Waals surface area contributed by atoms with E-state index in [1.165, 1.54) is 19.8 Å². The molecular weight excluding hydrogens is 492 g/mol. The number of hydrogen-bond donors (Lipinski definition) is 2. The number of esters is 2. The first-order valence-corrected chi connectivity index (χ1v) is 15.3. The highest BCUT2D eigenvalue weighted by Gasteiger charge is 2.76. The van der Waals surface area contributed by atoms with Gasteiger partial charge in [0.1, 0.15) is 12.7 Å². The fraction of sp³-hybridized carbons (Fsp3) is 0.818. The molecule has 6 heteroatoms. The van der Waals surface area contributed by atoms with E-state index < -0.39 is 22.5 Å². The van der Waals surface area contributed by atoms with Crippen LogP contribution in [0.15, 0.2) is 23.8 Å². The topological polar surface area (TPSA) is 93.1 Å². The van der Waals surface area contributed by atoms with Gasteiger partial charge < -0.3 is 19.7 Å². The van der Waals surface area contributed by atoms with Gasteiger partial charge in [-0.05, 0) is 67.3 Å². The number of ether oxygens (including phenoxy) is 2. The molecule has 4 aliphatic rings. The maximum Gasteiger partial charge on any atom is 0.331 e. The highest BCUT2D eigenvalue weighted by Crippen LogP contribution is 2.73. The second-order valence-electron chi connectivity index (χ2n) is 14.6. The molecule has 0 saturated heterocycles. The van der Waals surface area contributed by atoms with Crippen molar-refractivity contribution in [2.75, 3.05) is 6.61 Å². The first kappa shape index (κ1) is 30.3. The fourth-order valence-corrected chi connectivity index (χ4v) is 9.06. The summed E-state index contributed by atoms with van der Waals surface area (Å²) >= 11 is 0. The Morgan fingerprint density at radius 3 is 2.51 bits per heavy atom. The molecule has 1 heterocycles. The van der Waals surface area contributed by atoms with Crippen LogP contribution in [0.5, 0.6) is 0 Å². The van der Waals surface area contributed by atoms with Gasteiger partial charge in [0.2, 0.25) is 0 Å². The summed E-state index contributed by atoms with van der Waals surface area (Å²) in [5.41, 5.74) is -2.17. The molecular formula is C33H52O6. The van der Waals surface area contributed by atoms with Gasteiger partial charge in [0.15, 0.2) is 0 Å². The molecule has 2 bridgehead atoms. The number of carbonyl (C=O) groups excluding carboxylic acids is 2. The molecule has 1 spiro atoms. The summed E-state index contributed by atoms with van der Waals surface area (Å²) in [7, 11) is 0. The molecule has 2 N–H and O–H groups in total. The zero-order valence-electron chi connectivity index (χ0n) is 25.3. The number of rotatable bonds is 10. The maximum absolute atomic E-state index is 13.2. The summed E-state index contributed by atoms with van der Waals surface area (Å²) in [6.07, 6.45) is 12.0. The molecule has 8 unspecified atom stereocenters. The standard InChI is InChI=1S/C33H52O6/c1-21(2)8-9-22(3)10-11-25-13-16-31(7)19-26(39-23(4)34)29-30(5,6)15-14-27(35)33(25,29)32(31,37)17-12-24-18-28(36)38-20-24/h13,16,18,21-22,25-27,29,35,37H,8-12,14-15,17,19-20H2,1-7H3. The molecule has 0 aromatic carbocycles. The largest absolute Gasteiger partial charge is 0.462 e. The van der Waals surface area contributed by atoms with Crippen molar-refractivity contribution in [3.05, 3.63) is 23.8 Å². The lowest BCUT2D eigenvalue weighted by atomic mass is 9.33. The number of allylic oxidation sites excluding steroid dienone is 1. The van der Waals surface area contributed by atoms with Crippen LogP contribution in [0.25, 0.3) is 0 Å². The number of aliphatic hydroxyl groups is 2. The Kier molecular flexibility index (Phi) is 8.52. The first-order chi connectivity index (χ1) is 18.2. The van der Waals surface area contributed by atoms with Crippen LogP contribution in [0.4, 0.5) is 0 Å². The predicted molar refractivity (Wildman–Crippen MR) is 152 cm³/mol. The van der Waals surface area contributed by atoms with Crippen LogP contribution in [0.3, 0.4) is 0 Å². The van der Waals surface area contributed by atoms with Crippen LogP contribution in [0.2, 0.25) is 0 Å². The van der Waals surface area contributed by atoms with E-state index in [-0.39, 0.29) is 41.9 Å². The average Bonchev–Trinajstić information content (AvgIpc) is 3.25. The van der Waals surface area contributed by atoms with Gasteiger partial charge in [0, 0.05) is 29.7 Å². The van der Waals surface area contributed by atoms with E-state index in [2.05, 4.69) is 53.7 Å². The summed E-state index contributed by atoms with van der Waals surface area (Å²) in [6.45, 7) is 15.1. The van der Waals surface area contributed by atoms with Crippen LogP contribution in [-0.4, -0.2) is 46.6 Å². The monoisotopic (exact) mass is 544 g/mol. The van der Waals surface area contributed by atoms with Crippen LogP contribution in [0.1, 0.15) is 106 Å². The summed E-state index contributed by atoms with van der Waals surface area (Å²) in [5.74, 6) is 0.320.